The molecule has 0 saturated heterocycles. The molecule has 0 aromatic carbocycles. The first kappa shape index (κ1) is 8.93. The van der Waals surface area contributed by atoms with Gasteiger partial charge < -0.3 is 10.5 Å². The fourth-order valence-electron chi connectivity index (χ4n) is 0.815. The summed E-state index contributed by atoms with van der Waals surface area (Å²) in [7, 11) is 1.60. The van der Waals surface area contributed by atoms with E-state index < -0.39 is 0 Å². The van der Waals surface area contributed by atoms with E-state index in [1.807, 2.05) is 12.1 Å². The number of nitrogens with two attached hydrogens (primary N) is 1. The van der Waals surface area contributed by atoms with Crippen molar-refractivity contribution in [3.05, 3.63) is 24.0 Å². The van der Waals surface area contributed by atoms with E-state index in [-0.39, 0.29) is 0 Å². The van der Waals surface area contributed by atoms with Crippen LogP contribution in [0.1, 0.15) is 5.69 Å². The average molecular weight is 182 g/mol. The molecular weight excluding hydrogens is 172 g/mol. The summed E-state index contributed by atoms with van der Waals surface area (Å²) in [4.78, 5) is 4.55. The van der Waals surface area contributed by atoms with Crippen molar-refractivity contribution in [2.45, 2.75) is 6.42 Å². The Kier molecular flexibility index (Phi) is 2.99. The van der Waals surface area contributed by atoms with Crippen LogP contribution in [0.25, 0.3) is 0 Å². The Bertz CT molecular complexity index is 271. The molecule has 0 aliphatic heterocycles. The molecular formula is C8H10N2OS. The van der Waals surface area contributed by atoms with Gasteiger partial charge in [-0.25, -0.2) is 0 Å². The lowest BCUT2D eigenvalue weighted by Gasteiger charge is -2.00. The van der Waals surface area contributed by atoms with Crippen LogP contribution in [0.2, 0.25) is 0 Å². The number of rotatable bonds is 3. The number of ether oxygens (including phenoxy) is 1. The Morgan fingerprint density at radius 2 is 2.42 bits per heavy atom. The minimum Gasteiger partial charge on any atom is -0.495 e. The Balaban J connectivity index is 2.71. The summed E-state index contributed by atoms with van der Waals surface area (Å²) in [5.74, 6) is 0.738. The van der Waals surface area contributed by atoms with Crippen molar-refractivity contribution in [3.63, 3.8) is 0 Å². The summed E-state index contributed by atoms with van der Waals surface area (Å²) in [6.07, 6.45) is 2.19. The van der Waals surface area contributed by atoms with Crippen LogP contribution in [0, 0.1) is 0 Å². The molecule has 0 radical (unpaired) electrons. The molecule has 0 saturated carbocycles. The highest BCUT2D eigenvalue weighted by Gasteiger charge is 1.96. The van der Waals surface area contributed by atoms with Crippen molar-refractivity contribution in [1.29, 1.82) is 0 Å². The number of methoxy groups -OCH3 is 1. The lowest BCUT2D eigenvalue weighted by atomic mass is 10.3. The standard InChI is InChI=1S/C8H10N2OS/c1-11-7-3-2-6(10-5-7)4-8(9)12/h2-3,5H,4H2,1H3,(H2,9,12). The molecule has 1 aromatic rings. The van der Waals surface area contributed by atoms with E-state index in [0.717, 1.165) is 11.4 Å². The quantitative estimate of drug-likeness (QED) is 0.706. The Hall–Kier alpha value is -1.16. The molecule has 4 heteroatoms. The summed E-state index contributed by atoms with van der Waals surface area (Å²) in [6, 6.07) is 3.68. The van der Waals surface area contributed by atoms with Crippen molar-refractivity contribution in [2.24, 2.45) is 5.73 Å². The summed E-state index contributed by atoms with van der Waals surface area (Å²) in [5, 5.41) is 0. The molecule has 12 heavy (non-hydrogen) atoms. The van der Waals surface area contributed by atoms with E-state index in [1.165, 1.54) is 0 Å². The Labute approximate surface area is 76.6 Å². The van der Waals surface area contributed by atoms with Gasteiger partial charge in [-0.1, -0.05) is 12.2 Å². The van der Waals surface area contributed by atoms with Gasteiger partial charge in [-0.15, -0.1) is 0 Å². The average Bonchev–Trinajstić information content (AvgIpc) is 2.05. The second-order valence-corrected chi connectivity index (χ2v) is 2.86. The van der Waals surface area contributed by atoms with E-state index in [2.05, 4.69) is 4.98 Å². The molecule has 0 fully saturated rings. The van der Waals surface area contributed by atoms with Gasteiger partial charge in [-0.3, -0.25) is 4.98 Å². The third-order valence-corrected chi connectivity index (χ3v) is 1.53. The molecule has 3 nitrogen and oxygen atoms in total. The van der Waals surface area contributed by atoms with Crippen LogP contribution < -0.4 is 10.5 Å². The van der Waals surface area contributed by atoms with Gasteiger partial charge in [-0.05, 0) is 12.1 Å². The van der Waals surface area contributed by atoms with Crippen LogP contribution in [-0.4, -0.2) is 17.1 Å². The van der Waals surface area contributed by atoms with Gasteiger partial charge in [0, 0.05) is 12.1 Å². The molecule has 0 amide bonds. The molecule has 0 spiro atoms. The van der Waals surface area contributed by atoms with Crippen LogP contribution in [0.5, 0.6) is 5.75 Å². The summed E-state index contributed by atoms with van der Waals surface area (Å²) < 4.78 is 4.95. The first-order valence-electron chi connectivity index (χ1n) is 3.49. The maximum absolute atomic E-state index is 5.36. The van der Waals surface area contributed by atoms with E-state index >= 15 is 0 Å². The highest BCUT2D eigenvalue weighted by atomic mass is 32.1. The second-order valence-electron chi connectivity index (χ2n) is 2.33. The number of pyridine rings is 1. The number of thiocarbonyl (C=S) groups is 1. The minimum absolute atomic E-state index is 0.452. The van der Waals surface area contributed by atoms with E-state index in [4.69, 9.17) is 22.7 Å². The predicted octanol–water partition coefficient (Wildman–Crippen LogP) is 0.919. The molecule has 0 aliphatic carbocycles. The molecule has 64 valence electrons. The van der Waals surface area contributed by atoms with E-state index in [9.17, 15) is 0 Å². The highest BCUT2D eigenvalue weighted by Crippen LogP contribution is 2.07. The lowest BCUT2D eigenvalue weighted by Crippen LogP contribution is -2.11. The Morgan fingerprint density at radius 3 is 2.83 bits per heavy atom. The van der Waals surface area contributed by atoms with Gasteiger partial charge >= 0.3 is 0 Å². The normalized spacial score (nSPS) is 9.42. The van der Waals surface area contributed by atoms with Gasteiger partial charge in [-0.2, -0.15) is 0 Å². The van der Waals surface area contributed by atoms with Gasteiger partial charge in [0.2, 0.25) is 0 Å². The lowest BCUT2D eigenvalue weighted by molar-refractivity contribution is 0.412. The van der Waals surface area contributed by atoms with Crippen molar-refractivity contribution < 1.29 is 4.74 Å². The first-order valence-corrected chi connectivity index (χ1v) is 3.90. The zero-order valence-corrected chi connectivity index (χ0v) is 7.60. The molecule has 0 atom stereocenters. The molecule has 0 bridgehead atoms. The topological polar surface area (TPSA) is 48.1 Å². The molecule has 1 heterocycles. The van der Waals surface area contributed by atoms with Crippen LogP contribution >= 0.6 is 12.2 Å². The molecule has 1 aromatic heterocycles. The molecule has 1 rings (SSSR count). The van der Waals surface area contributed by atoms with Gasteiger partial charge in [0.25, 0.3) is 0 Å². The van der Waals surface area contributed by atoms with Gasteiger partial charge in [0.05, 0.1) is 18.3 Å². The molecule has 0 unspecified atom stereocenters. The number of aromatic nitrogens is 1. The number of nitrogens with zero attached hydrogens (tertiary/aromatic N) is 1. The van der Waals surface area contributed by atoms with Crippen molar-refractivity contribution >= 4 is 17.2 Å². The maximum atomic E-state index is 5.36. The predicted molar refractivity (Wildman–Crippen MR) is 51.3 cm³/mol. The second kappa shape index (κ2) is 4.01. The zero-order valence-electron chi connectivity index (χ0n) is 6.78. The third kappa shape index (κ3) is 2.47. The van der Waals surface area contributed by atoms with Crippen molar-refractivity contribution in [1.82, 2.24) is 4.98 Å². The molecule has 0 aliphatic rings. The van der Waals surface area contributed by atoms with Crippen molar-refractivity contribution in [3.8, 4) is 5.75 Å². The van der Waals surface area contributed by atoms with Crippen molar-refractivity contribution in [2.75, 3.05) is 7.11 Å². The van der Waals surface area contributed by atoms with Crippen LogP contribution in [0.15, 0.2) is 18.3 Å². The van der Waals surface area contributed by atoms with Gasteiger partial charge in [0.1, 0.15) is 5.75 Å². The summed E-state index contributed by atoms with van der Waals surface area (Å²) in [6.45, 7) is 0. The first-order chi connectivity index (χ1) is 5.72. The van der Waals surface area contributed by atoms with Crippen LogP contribution in [0.3, 0.4) is 0 Å². The number of hydrogen-bond donors (Lipinski definition) is 1. The van der Waals surface area contributed by atoms with Crippen LogP contribution in [0.4, 0.5) is 0 Å². The van der Waals surface area contributed by atoms with Gasteiger partial charge in [0.15, 0.2) is 0 Å². The van der Waals surface area contributed by atoms with E-state index in [0.29, 0.717) is 11.4 Å². The van der Waals surface area contributed by atoms with Crippen LogP contribution in [-0.2, 0) is 6.42 Å². The third-order valence-electron chi connectivity index (χ3n) is 1.39. The zero-order chi connectivity index (χ0) is 8.97. The fraction of sp³-hybridized carbons (Fsp3) is 0.250. The summed E-state index contributed by atoms with van der Waals surface area (Å²) in [5.41, 5.74) is 6.22. The monoisotopic (exact) mass is 182 g/mol. The maximum Gasteiger partial charge on any atom is 0.137 e. The minimum atomic E-state index is 0.452. The number of hydrogen-bond acceptors (Lipinski definition) is 3. The SMILES string of the molecule is COc1ccc(CC(N)=S)nc1. The smallest absolute Gasteiger partial charge is 0.137 e. The van der Waals surface area contributed by atoms with E-state index in [1.54, 1.807) is 13.3 Å². The Morgan fingerprint density at radius 1 is 1.67 bits per heavy atom. The highest BCUT2D eigenvalue weighted by molar-refractivity contribution is 7.80. The largest absolute Gasteiger partial charge is 0.495 e. The molecule has 2 N–H and O–H groups in total. The summed E-state index contributed by atoms with van der Waals surface area (Å²) >= 11 is 4.75. The fourth-order valence-corrected chi connectivity index (χ4v) is 0.963.